The first-order valence-corrected chi connectivity index (χ1v) is 9.75. The summed E-state index contributed by atoms with van der Waals surface area (Å²) in [6.45, 7) is 2.51. The summed E-state index contributed by atoms with van der Waals surface area (Å²) in [5.41, 5.74) is 2.91. The number of rotatable bonds is 7. The molecule has 1 amide bonds. The molecule has 0 spiro atoms. The van der Waals surface area contributed by atoms with Gasteiger partial charge in [0.1, 0.15) is 0 Å². The number of hydrogen-bond acceptors (Lipinski definition) is 4. The van der Waals surface area contributed by atoms with Crippen molar-refractivity contribution in [3.8, 4) is 11.5 Å². The molecule has 0 aromatic heterocycles. The first kappa shape index (κ1) is 20.7. The van der Waals surface area contributed by atoms with E-state index < -0.39 is 12.0 Å². The van der Waals surface area contributed by atoms with E-state index in [0.29, 0.717) is 30.9 Å². The van der Waals surface area contributed by atoms with E-state index in [9.17, 15) is 14.7 Å². The summed E-state index contributed by atoms with van der Waals surface area (Å²) in [6.07, 6.45) is 0.841. The summed E-state index contributed by atoms with van der Waals surface area (Å²) in [5.74, 6) is 0.229. The predicted molar refractivity (Wildman–Crippen MR) is 109 cm³/mol. The smallest absolute Gasteiger partial charge is 0.305 e. The molecule has 1 N–H and O–H groups in total. The van der Waals surface area contributed by atoms with Crippen LogP contribution in [-0.4, -0.2) is 42.6 Å². The molecule has 29 heavy (non-hydrogen) atoms. The van der Waals surface area contributed by atoms with Crippen LogP contribution in [-0.2, 0) is 16.0 Å². The molecule has 0 saturated carbocycles. The van der Waals surface area contributed by atoms with Crippen LogP contribution in [0.3, 0.4) is 0 Å². The summed E-state index contributed by atoms with van der Waals surface area (Å²) in [4.78, 5) is 26.4. The monoisotopic (exact) mass is 397 g/mol. The molecule has 2 aromatic carbocycles. The van der Waals surface area contributed by atoms with Crippen LogP contribution in [0.15, 0.2) is 42.5 Å². The van der Waals surface area contributed by atoms with Gasteiger partial charge in [-0.05, 0) is 41.2 Å². The number of aliphatic carboxylic acids is 1. The van der Waals surface area contributed by atoms with E-state index in [1.165, 1.54) is 0 Å². The van der Waals surface area contributed by atoms with Crippen molar-refractivity contribution in [3.63, 3.8) is 0 Å². The number of carbonyl (C=O) groups is 2. The molecule has 2 atom stereocenters. The highest BCUT2D eigenvalue weighted by Gasteiger charge is 2.34. The number of fused-ring (bicyclic) bond motifs is 1. The topological polar surface area (TPSA) is 76.1 Å². The summed E-state index contributed by atoms with van der Waals surface area (Å²) in [7, 11) is 3.12. The summed E-state index contributed by atoms with van der Waals surface area (Å²) in [6, 6.07) is 13.1. The zero-order chi connectivity index (χ0) is 21.0. The van der Waals surface area contributed by atoms with Crippen LogP contribution < -0.4 is 9.47 Å². The highest BCUT2D eigenvalue weighted by atomic mass is 16.5. The minimum Gasteiger partial charge on any atom is -0.493 e. The van der Waals surface area contributed by atoms with Crippen LogP contribution in [0.25, 0.3) is 0 Å². The first-order chi connectivity index (χ1) is 13.9. The molecule has 1 heterocycles. The van der Waals surface area contributed by atoms with Crippen LogP contribution in [0.1, 0.15) is 48.4 Å². The fourth-order valence-electron chi connectivity index (χ4n) is 3.99. The van der Waals surface area contributed by atoms with E-state index in [-0.39, 0.29) is 18.2 Å². The maximum Gasteiger partial charge on any atom is 0.305 e. The molecule has 6 nitrogen and oxygen atoms in total. The van der Waals surface area contributed by atoms with E-state index in [0.717, 1.165) is 16.7 Å². The van der Waals surface area contributed by atoms with Gasteiger partial charge < -0.3 is 19.5 Å². The van der Waals surface area contributed by atoms with Gasteiger partial charge in [-0.3, -0.25) is 9.59 Å². The number of carbonyl (C=O) groups excluding carboxylic acids is 1. The fraction of sp³-hybridized carbons (Fsp3) is 0.391. The Balaban J connectivity index is 1.89. The van der Waals surface area contributed by atoms with Gasteiger partial charge in [0.15, 0.2) is 11.5 Å². The van der Waals surface area contributed by atoms with Crippen molar-refractivity contribution >= 4 is 11.9 Å². The number of benzene rings is 2. The molecule has 154 valence electrons. The van der Waals surface area contributed by atoms with Gasteiger partial charge in [0.2, 0.25) is 5.91 Å². The lowest BCUT2D eigenvalue weighted by Gasteiger charge is -2.37. The van der Waals surface area contributed by atoms with Crippen molar-refractivity contribution in [2.45, 2.75) is 38.1 Å². The molecule has 1 aliphatic rings. The molecule has 1 aliphatic heterocycles. The molecule has 2 unspecified atom stereocenters. The van der Waals surface area contributed by atoms with Crippen molar-refractivity contribution in [1.82, 2.24) is 4.90 Å². The molecule has 0 aliphatic carbocycles. The largest absolute Gasteiger partial charge is 0.493 e. The van der Waals surface area contributed by atoms with E-state index in [4.69, 9.17) is 9.47 Å². The van der Waals surface area contributed by atoms with Crippen molar-refractivity contribution in [2.75, 3.05) is 20.8 Å². The molecular formula is C23H27NO5. The average Bonchev–Trinajstić information content (AvgIpc) is 2.73. The minimum atomic E-state index is -0.938. The van der Waals surface area contributed by atoms with Crippen molar-refractivity contribution in [3.05, 3.63) is 59.2 Å². The summed E-state index contributed by atoms with van der Waals surface area (Å²) >= 11 is 0. The third kappa shape index (κ3) is 4.53. The third-order valence-corrected chi connectivity index (χ3v) is 5.54. The normalized spacial score (nSPS) is 16.7. The average molecular weight is 397 g/mol. The van der Waals surface area contributed by atoms with Crippen molar-refractivity contribution < 1.29 is 24.2 Å². The van der Waals surface area contributed by atoms with Gasteiger partial charge >= 0.3 is 5.97 Å². The van der Waals surface area contributed by atoms with Crippen LogP contribution >= 0.6 is 0 Å². The van der Waals surface area contributed by atoms with Crippen LogP contribution in [0.5, 0.6) is 11.5 Å². The fourth-order valence-corrected chi connectivity index (χ4v) is 3.99. The standard InChI is InChI=1S/C23H27NO5/c1-15(16-7-5-4-6-8-16)11-22(25)24-10-9-17-12-20(28-2)21(29-3)13-18(17)19(24)14-23(26)27/h4-8,12-13,15,19H,9-11,14H2,1-3H3,(H,26,27). The van der Waals surface area contributed by atoms with Gasteiger partial charge in [-0.1, -0.05) is 37.3 Å². The maximum atomic E-state index is 13.1. The van der Waals surface area contributed by atoms with E-state index >= 15 is 0 Å². The van der Waals surface area contributed by atoms with Crippen LogP contribution in [0.4, 0.5) is 0 Å². The summed E-state index contributed by atoms with van der Waals surface area (Å²) < 4.78 is 10.8. The number of carboxylic acid groups (broad SMARTS) is 1. The second-order valence-corrected chi connectivity index (χ2v) is 7.37. The molecular weight excluding hydrogens is 370 g/mol. The minimum absolute atomic E-state index is 0.0342. The quantitative estimate of drug-likeness (QED) is 0.769. The molecule has 3 rings (SSSR count). The Morgan fingerprint density at radius 3 is 2.41 bits per heavy atom. The zero-order valence-electron chi connectivity index (χ0n) is 17.1. The Bertz CT molecular complexity index is 880. The zero-order valence-corrected chi connectivity index (χ0v) is 17.1. The van der Waals surface area contributed by atoms with Gasteiger partial charge in [0.05, 0.1) is 26.7 Å². The van der Waals surface area contributed by atoms with E-state index in [1.54, 1.807) is 19.1 Å². The van der Waals surface area contributed by atoms with Crippen molar-refractivity contribution in [1.29, 1.82) is 0 Å². The summed E-state index contributed by atoms with van der Waals surface area (Å²) in [5, 5.41) is 9.48. The number of methoxy groups -OCH3 is 2. The lowest BCUT2D eigenvalue weighted by Crippen LogP contribution is -2.41. The van der Waals surface area contributed by atoms with E-state index in [2.05, 4.69) is 0 Å². The van der Waals surface area contributed by atoms with Gasteiger partial charge in [0.25, 0.3) is 0 Å². The number of carboxylic acids is 1. The van der Waals surface area contributed by atoms with Gasteiger partial charge in [-0.15, -0.1) is 0 Å². The number of ether oxygens (including phenoxy) is 2. The number of amides is 1. The first-order valence-electron chi connectivity index (χ1n) is 9.75. The van der Waals surface area contributed by atoms with Crippen LogP contribution in [0, 0.1) is 0 Å². The molecule has 2 aromatic rings. The molecule has 6 heteroatoms. The Kier molecular flexibility index (Phi) is 6.42. The Morgan fingerprint density at radius 2 is 1.79 bits per heavy atom. The molecule has 0 fully saturated rings. The predicted octanol–water partition coefficient (Wildman–Crippen LogP) is 3.80. The Labute approximate surface area is 171 Å². The van der Waals surface area contributed by atoms with E-state index in [1.807, 2.05) is 49.4 Å². The Hall–Kier alpha value is -3.02. The van der Waals surface area contributed by atoms with Gasteiger partial charge in [-0.25, -0.2) is 0 Å². The third-order valence-electron chi connectivity index (χ3n) is 5.54. The lowest BCUT2D eigenvalue weighted by atomic mass is 9.88. The molecule has 0 bridgehead atoms. The highest BCUT2D eigenvalue weighted by molar-refractivity contribution is 5.79. The lowest BCUT2D eigenvalue weighted by molar-refractivity contribution is -0.141. The highest BCUT2D eigenvalue weighted by Crippen LogP contribution is 2.40. The number of nitrogens with zero attached hydrogens (tertiary/aromatic N) is 1. The molecule has 0 radical (unpaired) electrons. The second kappa shape index (κ2) is 8.99. The van der Waals surface area contributed by atoms with Crippen LogP contribution in [0.2, 0.25) is 0 Å². The second-order valence-electron chi connectivity index (χ2n) is 7.37. The number of hydrogen-bond donors (Lipinski definition) is 1. The van der Waals surface area contributed by atoms with Gasteiger partial charge in [0, 0.05) is 13.0 Å². The Morgan fingerprint density at radius 1 is 1.14 bits per heavy atom. The maximum absolute atomic E-state index is 13.1. The SMILES string of the molecule is COc1cc2c(cc1OC)C(CC(=O)O)N(C(=O)CC(C)c1ccccc1)CC2. The molecule has 0 saturated heterocycles. The van der Waals surface area contributed by atoms with Crippen molar-refractivity contribution in [2.24, 2.45) is 0 Å². The van der Waals surface area contributed by atoms with Gasteiger partial charge in [-0.2, -0.15) is 0 Å².